The Morgan fingerprint density at radius 2 is 2.07 bits per heavy atom. The third-order valence-corrected chi connectivity index (χ3v) is 6.98. The topological polar surface area (TPSA) is 102 Å². The van der Waals surface area contributed by atoms with Crippen LogP contribution in [0, 0.1) is 22.7 Å². The molecule has 4 aliphatic rings. The fourth-order valence-corrected chi connectivity index (χ4v) is 5.78. The lowest BCUT2D eigenvalue weighted by atomic mass is 9.47. The first-order valence-electron chi connectivity index (χ1n) is 9.82. The van der Waals surface area contributed by atoms with Crippen LogP contribution < -0.4 is 0 Å². The van der Waals surface area contributed by atoms with Gasteiger partial charge in [-0.1, -0.05) is 19.9 Å². The van der Waals surface area contributed by atoms with E-state index < -0.39 is 47.5 Å². The van der Waals surface area contributed by atoms with Crippen LogP contribution in [0.3, 0.4) is 0 Å². The molecule has 2 N–H and O–H groups in total. The summed E-state index contributed by atoms with van der Waals surface area (Å²) < 4.78 is 17.2. The molecule has 0 aromatic heterocycles. The van der Waals surface area contributed by atoms with Crippen LogP contribution in [0.5, 0.6) is 0 Å². The molecule has 2 aliphatic heterocycles. The van der Waals surface area contributed by atoms with E-state index in [1.807, 2.05) is 19.9 Å². The lowest BCUT2D eigenvalue weighted by Crippen LogP contribution is -2.64. The van der Waals surface area contributed by atoms with Crippen molar-refractivity contribution in [3.8, 4) is 0 Å². The molecule has 1 spiro atoms. The van der Waals surface area contributed by atoms with Crippen molar-refractivity contribution in [1.82, 2.24) is 0 Å². The Morgan fingerprint density at radius 3 is 2.74 bits per heavy atom. The minimum atomic E-state index is -1.38. The van der Waals surface area contributed by atoms with Crippen molar-refractivity contribution in [1.29, 1.82) is 0 Å². The molecule has 0 amide bonds. The first-order chi connectivity index (χ1) is 12.8. The maximum atomic E-state index is 13.2. The van der Waals surface area contributed by atoms with Gasteiger partial charge in [0.2, 0.25) is 6.29 Å². The Kier molecular flexibility index (Phi) is 4.70. The Labute approximate surface area is 158 Å². The van der Waals surface area contributed by atoms with Crippen LogP contribution in [0.1, 0.15) is 46.0 Å². The molecule has 27 heavy (non-hydrogen) atoms. The second-order valence-electron chi connectivity index (χ2n) is 8.93. The molecule has 0 bridgehead atoms. The number of carbonyl (C=O) groups is 2. The number of hydrogen-bond donors (Lipinski definition) is 2. The van der Waals surface area contributed by atoms with E-state index in [9.17, 15) is 19.8 Å². The maximum Gasteiger partial charge on any atom is 0.318 e. The number of hydrogen-bond acceptors (Lipinski definition) is 7. The van der Waals surface area contributed by atoms with Gasteiger partial charge in [0, 0.05) is 6.61 Å². The van der Waals surface area contributed by atoms with Gasteiger partial charge in [0.15, 0.2) is 6.29 Å². The van der Waals surface area contributed by atoms with E-state index in [1.165, 1.54) is 0 Å². The second kappa shape index (κ2) is 6.65. The second-order valence-corrected chi connectivity index (χ2v) is 8.93. The highest BCUT2D eigenvalue weighted by Gasteiger charge is 2.73. The highest BCUT2D eigenvalue weighted by atomic mass is 16.8. The lowest BCUT2D eigenvalue weighted by molar-refractivity contribution is -0.250. The molecule has 3 fully saturated rings. The first kappa shape index (κ1) is 19.1. The van der Waals surface area contributed by atoms with Crippen LogP contribution in [0.15, 0.2) is 11.6 Å². The summed E-state index contributed by atoms with van der Waals surface area (Å²) in [4.78, 5) is 25.0. The number of aldehydes is 1. The molecule has 2 unspecified atom stereocenters. The van der Waals surface area contributed by atoms with Crippen molar-refractivity contribution in [2.75, 3.05) is 6.61 Å². The number of aliphatic hydroxyl groups is 2. The Hall–Kier alpha value is -1.28. The molecule has 7 atom stereocenters. The van der Waals surface area contributed by atoms with Crippen LogP contribution in [0.25, 0.3) is 0 Å². The van der Waals surface area contributed by atoms with E-state index in [4.69, 9.17) is 14.2 Å². The van der Waals surface area contributed by atoms with Gasteiger partial charge in [-0.25, -0.2) is 0 Å². The molecule has 2 saturated heterocycles. The van der Waals surface area contributed by atoms with Crippen molar-refractivity contribution in [2.45, 2.75) is 70.7 Å². The monoisotopic (exact) mass is 380 g/mol. The van der Waals surface area contributed by atoms with Crippen LogP contribution >= 0.6 is 0 Å². The summed E-state index contributed by atoms with van der Waals surface area (Å²) in [7, 11) is 0. The molecule has 2 heterocycles. The number of ether oxygens (including phenoxy) is 3. The van der Waals surface area contributed by atoms with Crippen molar-refractivity contribution >= 4 is 12.3 Å². The number of esters is 1. The van der Waals surface area contributed by atoms with E-state index in [-0.39, 0.29) is 5.92 Å². The van der Waals surface area contributed by atoms with Gasteiger partial charge in [0.05, 0.1) is 18.1 Å². The van der Waals surface area contributed by atoms with Crippen molar-refractivity contribution in [2.24, 2.45) is 22.7 Å². The fraction of sp³-hybridized carbons (Fsp3) is 0.800. The van der Waals surface area contributed by atoms with Crippen LogP contribution in [0.2, 0.25) is 0 Å². The van der Waals surface area contributed by atoms with Gasteiger partial charge in [-0.05, 0) is 49.0 Å². The minimum absolute atomic E-state index is 0.259. The molecule has 150 valence electrons. The summed E-state index contributed by atoms with van der Waals surface area (Å²) >= 11 is 0. The molecule has 7 heteroatoms. The number of carbonyl (C=O) groups excluding carboxylic acids is 2. The van der Waals surface area contributed by atoms with Crippen LogP contribution in [-0.4, -0.2) is 53.9 Å². The number of cyclic esters (lactones) is 1. The Balaban J connectivity index is 1.76. The summed E-state index contributed by atoms with van der Waals surface area (Å²) in [6.45, 7) is 4.54. The van der Waals surface area contributed by atoms with Crippen molar-refractivity contribution in [3.63, 3.8) is 0 Å². The van der Waals surface area contributed by atoms with Gasteiger partial charge >= 0.3 is 5.97 Å². The van der Waals surface area contributed by atoms with Gasteiger partial charge in [0.1, 0.15) is 11.7 Å². The summed E-state index contributed by atoms with van der Waals surface area (Å²) in [5.74, 6) is -1.61. The summed E-state index contributed by atoms with van der Waals surface area (Å²) in [6, 6.07) is 0. The zero-order chi connectivity index (χ0) is 19.4. The van der Waals surface area contributed by atoms with E-state index in [2.05, 4.69) is 0 Å². The summed E-state index contributed by atoms with van der Waals surface area (Å²) in [5.41, 5.74) is -1.40. The molecule has 2 aliphatic carbocycles. The van der Waals surface area contributed by atoms with Gasteiger partial charge in [-0.2, -0.15) is 0 Å². The van der Waals surface area contributed by atoms with E-state index in [0.29, 0.717) is 37.7 Å². The third kappa shape index (κ3) is 2.70. The molecule has 1 saturated carbocycles. The largest absolute Gasteiger partial charge is 0.434 e. The predicted octanol–water partition coefficient (Wildman–Crippen LogP) is 1.31. The average molecular weight is 380 g/mol. The zero-order valence-electron chi connectivity index (χ0n) is 15.8. The normalized spacial score (nSPS) is 46.1. The SMILES string of the molecule is CC1(C)C[C@H](O)[C@H](O)C23C(=O)O[C@H](OC4CCCCO4)[C@H]2C(C=O)=CC[C@@H]13. The summed E-state index contributed by atoms with van der Waals surface area (Å²) in [6.07, 6.45) is 2.11. The minimum Gasteiger partial charge on any atom is -0.434 e. The first-order valence-corrected chi connectivity index (χ1v) is 9.82. The predicted molar refractivity (Wildman–Crippen MR) is 93.1 cm³/mol. The maximum absolute atomic E-state index is 13.2. The van der Waals surface area contributed by atoms with Gasteiger partial charge < -0.3 is 24.4 Å². The Bertz CT molecular complexity index is 651. The highest BCUT2D eigenvalue weighted by molar-refractivity contribution is 5.87. The number of allylic oxidation sites excluding steroid dienone is 1. The molecule has 0 aromatic carbocycles. The zero-order valence-corrected chi connectivity index (χ0v) is 15.8. The van der Waals surface area contributed by atoms with Crippen LogP contribution in [-0.2, 0) is 23.8 Å². The van der Waals surface area contributed by atoms with Gasteiger partial charge in [-0.15, -0.1) is 0 Å². The molecule has 4 rings (SSSR count). The summed E-state index contributed by atoms with van der Waals surface area (Å²) in [5, 5.41) is 21.5. The fourth-order valence-electron chi connectivity index (χ4n) is 5.78. The van der Waals surface area contributed by atoms with E-state index >= 15 is 0 Å². The molecule has 7 nitrogen and oxygen atoms in total. The standard InChI is InChI=1S/C20H28O7/c1-19(2)9-12(22)16(23)20-13(19)7-6-11(10-21)15(20)17(27-18(20)24)26-14-5-3-4-8-25-14/h6,10,12-17,22-23H,3-5,7-9H2,1-2H3/t12-,13-,14?,15+,16-,17-,20?/m0/s1. The van der Waals surface area contributed by atoms with E-state index in [1.54, 1.807) is 0 Å². The lowest BCUT2D eigenvalue weighted by Gasteiger charge is -2.56. The Morgan fingerprint density at radius 1 is 1.30 bits per heavy atom. The average Bonchev–Trinajstić information content (AvgIpc) is 2.93. The van der Waals surface area contributed by atoms with Crippen molar-refractivity contribution < 1.29 is 34.0 Å². The number of aliphatic hydroxyl groups excluding tert-OH is 2. The van der Waals surface area contributed by atoms with E-state index in [0.717, 1.165) is 12.8 Å². The number of rotatable bonds is 3. The molecule has 0 radical (unpaired) electrons. The van der Waals surface area contributed by atoms with Crippen LogP contribution in [0.4, 0.5) is 0 Å². The van der Waals surface area contributed by atoms with Gasteiger partial charge in [0.25, 0.3) is 0 Å². The smallest absolute Gasteiger partial charge is 0.318 e. The highest BCUT2D eigenvalue weighted by Crippen LogP contribution is 2.64. The molecule has 0 aromatic rings. The third-order valence-electron chi connectivity index (χ3n) is 6.98. The quantitative estimate of drug-likeness (QED) is 0.562. The molecular weight excluding hydrogens is 352 g/mol. The van der Waals surface area contributed by atoms with Gasteiger partial charge in [-0.3, -0.25) is 9.59 Å². The van der Waals surface area contributed by atoms with Crippen molar-refractivity contribution in [3.05, 3.63) is 11.6 Å². The molecular formula is C20H28O7.